The fraction of sp³-hybridized carbons (Fsp3) is 0.421. The number of fused-ring (bicyclic) bond motifs is 1. The molecule has 0 aliphatic carbocycles. The summed E-state index contributed by atoms with van der Waals surface area (Å²) in [6, 6.07) is 6.15. The average Bonchev–Trinajstić information content (AvgIpc) is 3.38. The Balaban J connectivity index is 1.25. The molecular weight excluding hydrogens is 472 g/mol. The Labute approximate surface area is 184 Å². The van der Waals surface area contributed by atoms with Gasteiger partial charge in [0.2, 0.25) is 5.82 Å². The largest absolute Gasteiger partial charge is 0.487 e. The number of ether oxygens (including phenoxy) is 1. The molecule has 1 fully saturated rings. The minimum atomic E-state index is -1.01. The van der Waals surface area contributed by atoms with Gasteiger partial charge in [-0.1, -0.05) is 33.3 Å². The highest BCUT2D eigenvalue weighted by atomic mass is 79.9. The van der Waals surface area contributed by atoms with E-state index in [0.717, 1.165) is 63.8 Å². The van der Waals surface area contributed by atoms with E-state index in [9.17, 15) is 4.79 Å². The lowest BCUT2D eigenvalue weighted by molar-refractivity contribution is -0.138. The van der Waals surface area contributed by atoms with Gasteiger partial charge in [-0.2, -0.15) is 4.80 Å². The second kappa shape index (κ2) is 7.62. The fourth-order valence-corrected chi connectivity index (χ4v) is 5.45. The summed E-state index contributed by atoms with van der Waals surface area (Å²) in [6.45, 7) is 1.43. The van der Waals surface area contributed by atoms with Crippen LogP contribution in [0, 0.1) is 0 Å². The van der Waals surface area contributed by atoms with Crippen LogP contribution in [0.1, 0.15) is 24.8 Å². The Morgan fingerprint density at radius 3 is 2.93 bits per heavy atom. The molecule has 0 atom stereocenters. The summed E-state index contributed by atoms with van der Waals surface area (Å²) in [5, 5.41) is 21.6. The molecule has 0 unspecified atom stereocenters. The van der Waals surface area contributed by atoms with Gasteiger partial charge in [-0.15, -0.1) is 10.2 Å². The van der Waals surface area contributed by atoms with Crippen LogP contribution in [0.3, 0.4) is 0 Å². The molecule has 0 amide bonds. The number of halogens is 1. The number of nitrogens with zero attached hydrogens (tertiary/aromatic N) is 6. The first-order valence-electron chi connectivity index (χ1n) is 9.68. The monoisotopic (exact) mass is 490 g/mol. The van der Waals surface area contributed by atoms with Gasteiger partial charge in [0.05, 0.1) is 11.1 Å². The molecule has 4 heterocycles. The third-order valence-electron chi connectivity index (χ3n) is 5.62. The second-order valence-corrected chi connectivity index (χ2v) is 9.40. The van der Waals surface area contributed by atoms with Gasteiger partial charge >= 0.3 is 5.97 Å². The molecule has 0 saturated carbocycles. The summed E-state index contributed by atoms with van der Waals surface area (Å²) in [6.07, 6.45) is 5.66. The van der Waals surface area contributed by atoms with E-state index in [1.807, 2.05) is 6.07 Å². The van der Waals surface area contributed by atoms with Gasteiger partial charge in [0.25, 0.3) is 0 Å². The Kier molecular flexibility index (Phi) is 4.94. The number of hydrogen-bond donors (Lipinski definition) is 1. The second-order valence-electron chi connectivity index (χ2n) is 7.53. The van der Waals surface area contributed by atoms with Crippen molar-refractivity contribution in [3.63, 3.8) is 0 Å². The summed E-state index contributed by atoms with van der Waals surface area (Å²) in [5.74, 6) is 0.383. The van der Waals surface area contributed by atoms with Crippen LogP contribution in [0.2, 0.25) is 0 Å². The maximum atomic E-state index is 10.8. The lowest BCUT2D eigenvalue weighted by Gasteiger charge is -2.44. The van der Waals surface area contributed by atoms with E-state index in [1.165, 1.54) is 16.9 Å². The van der Waals surface area contributed by atoms with Crippen molar-refractivity contribution < 1.29 is 14.6 Å². The molecule has 3 aromatic rings. The Morgan fingerprint density at radius 2 is 2.13 bits per heavy atom. The van der Waals surface area contributed by atoms with Crippen molar-refractivity contribution in [3.05, 3.63) is 34.4 Å². The molecule has 0 bridgehead atoms. The summed E-state index contributed by atoms with van der Waals surface area (Å²) in [7, 11) is 0. The number of aromatic nitrogens is 5. The molecule has 0 radical (unpaired) electrons. The molecule has 30 heavy (non-hydrogen) atoms. The van der Waals surface area contributed by atoms with Crippen molar-refractivity contribution in [3.8, 4) is 16.5 Å². The topological polar surface area (TPSA) is 106 Å². The highest BCUT2D eigenvalue weighted by molar-refractivity contribution is 9.10. The van der Waals surface area contributed by atoms with E-state index in [2.05, 4.69) is 53.4 Å². The van der Waals surface area contributed by atoms with Crippen molar-refractivity contribution in [1.29, 1.82) is 0 Å². The molecule has 1 aromatic carbocycles. The Bertz CT molecular complexity index is 1090. The smallest absolute Gasteiger partial charge is 0.327 e. The summed E-state index contributed by atoms with van der Waals surface area (Å²) in [5.41, 5.74) is 1.16. The standard InChI is InChI=1S/C19H19BrN6O3S/c20-13-2-1-3-14-12(13)4-5-19(29-14)6-8-25(9-7-19)18-21-10-15(30-18)17-22-24-26(23-17)11-16(27)28/h1-3,10H,4-9,11H2,(H,27,28). The molecule has 1 saturated heterocycles. The van der Waals surface area contributed by atoms with Gasteiger partial charge in [0.15, 0.2) is 11.7 Å². The first-order valence-corrected chi connectivity index (χ1v) is 11.3. The predicted octanol–water partition coefficient (Wildman–Crippen LogP) is 3.01. The molecule has 11 heteroatoms. The molecule has 1 N–H and O–H groups in total. The van der Waals surface area contributed by atoms with Crippen molar-refractivity contribution in [2.45, 2.75) is 37.8 Å². The zero-order valence-corrected chi connectivity index (χ0v) is 18.4. The van der Waals surface area contributed by atoms with Crippen molar-refractivity contribution in [2.24, 2.45) is 0 Å². The molecule has 2 aliphatic heterocycles. The van der Waals surface area contributed by atoms with Gasteiger partial charge < -0.3 is 14.7 Å². The van der Waals surface area contributed by atoms with Crippen LogP contribution in [0.15, 0.2) is 28.9 Å². The normalized spacial score (nSPS) is 17.6. The molecule has 2 aliphatic rings. The number of tetrazole rings is 1. The van der Waals surface area contributed by atoms with Crippen LogP contribution in [-0.2, 0) is 17.8 Å². The molecule has 9 nitrogen and oxygen atoms in total. The van der Waals surface area contributed by atoms with Gasteiger partial charge in [-0.05, 0) is 30.2 Å². The van der Waals surface area contributed by atoms with Gasteiger partial charge in [-0.25, -0.2) is 4.98 Å². The highest BCUT2D eigenvalue weighted by Crippen LogP contribution is 2.42. The maximum absolute atomic E-state index is 10.8. The van der Waals surface area contributed by atoms with E-state index in [4.69, 9.17) is 9.84 Å². The summed E-state index contributed by atoms with van der Waals surface area (Å²) in [4.78, 5) is 19.4. The fourth-order valence-electron chi connectivity index (χ4n) is 4.02. The van der Waals surface area contributed by atoms with Gasteiger partial charge in [0, 0.05) is 36.0 Å². The quantitative estimate of drug-likeness (QED) is 0.594. The molecular formula is C19H19BrN6O3S. The number of carbonyl (C=O) groups is 1. The van der Waals surface area contributed by atoms with Crippen molar-refractivity contribution in [2.75, 3.05) is 18.0 Å². The molecule has 156 valence electrons. The highest BCUT2D eigenvalue weighted by Gasteiger charge is 2.40. The van der Waals surface area contributed by atoms with Crippen molar-refractivity contribution >= 4 is 38.4 Å². The van der Waals surface area contributed by atoms with E-state index in [0.29, 0.717) is 5.82 Å². The van der Waals surface area contributed by atoms with E-state index in [-0.39, 0.29) is 12.1 Å². The Morgan fingerprint density at radius 1 is 1.30 bits per heavy atom. The average molecular weight is 491 g/mol. The van der Waals surface area contributed by atoms with Crippen LogP contribution in [-0.4, -0.2) is 55.0 Å². The predicted molar refractivity (Wildman–Crippen MR) is 114 cm³/mol. The lowest BCUT2D eigenvalue weighted by Crippen LogP contribution is -2.49. The zero-order valence-electron chi connectivity index (χ0n) is 16.0. The van der Waals surface area contributed by atoms with Crippen LogP contribution >= 0.6 is 27.3 Å². The number of aliphatic carboxylic acids is 1. The number of carboxylic acids is 1. The summed E-state index contributed by atoms with van der Waals surface area (Å²) >= 11 is 5.12. The van der Waals surface area contributed by atoms with Crippen LogP contribution < -0.4 is 9.64 Å². The minimum Gasteiger partial charge on any atom is -0.487 e. The minimum absolute atomic E-state index is 0.106. The number of hydrogen-bond acceptors (Lipinski definition) is 8. The van der Waals surface area contributed by atoms with Crippen molar-refractivity contribution in [1.82, 2.24) is 25.2 Å². The van der Waals surface area contributed by atoms with E-state index < -0.39 is 5.97 Å². The van der Waals surface area contributed by atoms with Gasteiger partial charge in [-0.3, -0.25) is 4.79 Å². The van der Waals surface area contributed by atoms with E-state index in [1.54, 1.807) is 6.20 Å². The summed E-state index contributed by atoms with van der Waals surface area (Å²) < 4.78 is 7.60. The SMILES string of the molecule is O=C(O)Cn1nnc(-c2cnc(N3CCC4(CCc5c(Br)cccc5O4)CC3)s2)n1. The number of anilines is 1. The number of thiazole rings is 1. The van der Waals surface area contributed by atoms with Crippen LogP contribution in [0.5, 0.6) is 5.75 Å². The lowest BCUT2D eigenvalue weighted by atomic mass is 9.83. The first kappa shape index (κ1) is 19.4. The Hall–Kier alpha value is -2.53. The van der Waals surface area contributed by atoms with E-state index >= 15 is 0 Å². The maximum Gasteiger partial charge on any atom is 0.327 e. The number of benzene rings is 1. The third-order valence-corrected chi connectivity index (χ3v) is 7.42. The molecule has 1 spiro atoms. The molecule has 5 rings (SSSR count). The van der Waals surface area contributed by atoms with Crippen LogP contribution in [0.4, 0.5) is 5.13 Å². The molecule has 2 aromatic heterocycles. The van der Waals surface area contributed by atoms with Crippen LogP contribution in [0.25, 0.3) is 10.7 Å². The number of rotatable bonds is 4. The third kappa shape index (κ3) is 3.67. The number of piperidine rings is 1. The first-order chi connectivity index (χ1) is 14.5. The zero-order chi connectivity index (χ0) is 20.7. The van der Waals surface area contributed by atoms with Gasteiger partial charge in [0.1, 0.15) is 11.4 Å². The number of carboxylic acid groups (broad SMARTS) is 1.